The molecule has 0 heterocycles. The van der Waals surface area contributed by atoms with Gasteiger partial charge in [0.05, 0.1) is 5.75 Å². The second-order valence-electron chi connectivity index (χ2n) is 2.76. The summed E-state index contributed by atoms with van der Waals surface area (Å²) in [6.45, 7) is 1.45. The topological polar surface area (TPSA) is 51.2 Å². The molecule has 0 saturated heterocycles. The maximum atomic E-state index is 12.1. The Labute approximate surface area is 86.4 Å². The van der Waals surface area contributed by atoms with Gasteiger partial charge in [-0.15, -0.1) is 0 Å². The molecule has 0 N–H and O–H groups in total. The first-order valence-corrected chi connectivity index (χ1v) is 6.19. The number of ketones is 1. The van der Waals surface area contributed by atoms with E-state index in [1.54, 1.807) is 0 Å². The van der Waals surface area contributed by atoms with Crippen LogP contribution in [0.5, 0.6) is 0 Å². The minimum atomic E-state index is -3.88. The zero-order valence-corrected chi connectivity index (χ0v) is 9.17. The zero-order chi connectivity index (χ0) is 11.4. The average molecular weight is 249 g/mol. The van der Waals surface area contributed by atoms with Crippen molar-refractivity contribution in [1.29, 1.82) is 0 Å². The van der Waals surface area contributed by atoms with Crippen LogP contribution in [0, 0.1) is 0 Å². The summed E-state index contributed by atoms with van der Waals surface area (Å²) in [5.41, 5.74) is 0. The molecule has 0 aliphatic rings. The van der Waals surface area contributed by atoms with Crippen LogP contribution in [0.2, 0.25) is 0 Å². The summed E-state index contributed by atoms with van der Waals surface area (Å²) in [6.07, 6.45) is -0.632. The number of hydrogen-bond acceptors (Lipinski definition) is 3. The Kier molecular flexibility index (Phi) is 4.94. The number of rotatable bonds is 6. The van der Waals surface area contributed by atoms with E-state index in [1.807, 2.05) is 0 Å². The van der Waals surface area contributed by atoms with Gasteiger partial charge in [-0.1, -0.05) is 6.92 Å². The van der Waals surface area contributed by atoms with Crippen LogP contribution in [0.15, 0.2) is 0 Å². The van der Waals surface area contributed by atoms with Crippen LogP contribution < -0.4 is 0 Å². The monoisotopic (exact) mass is 248 g/mol. The summed E-state index contributed by atoms with van der Waals surface area (Å²) in [7, 11) is -3.20. The molecule has 7 heteroatoms. The zero-order valence-electron chi connectivity index (χ0n) is 7.60. The van der Waals surface area contributed by atoms with Crippen molar-refractivity contribution < 1.29 is 22.0 Å². The van der Waals surface area contributed by atoms with Gasteiger partial charge in [-0.3, -0.25) is 4.79 Å². The maximum Gasteiger partial charge on any atom is 0.380 e. The van der Waals surface area contributed by atoms with Crippen molar-refractivity contribution in [3.05, 3.63) is 0 Å². The quantitative estimate of drug-likeness (QED) is 0.671. The molecule has 0 rings (SSSR count). The van der Waals surface area contributed by atoms with Crippen LogP contribution in [-0.2, 0) is 14.6 Å². The molecule has 14 heavy (non-hydrogen) atoms. The second-order valence-corrected chi connectivity index (χ2v) is 5.71. The lowest BCUT2D eigenvalue weighted by molar-refractivity contribution is -0.133. The molecule has 0 fully saturated rings. The Morgan fingerprint density at radius 3 is 2.29 bits per heavy atom. The first-order chi connectivity index (χ1) is 6.19. The Bertz CT molecular complexity index is 295. The molecule has 0 unspecified atom stereocenters. The molecule has 0 amide bonds. The Morgan fingerprint density at radius 1 is 1.43 bits per heavy atom. The highest BCUT2D eigenvalue weighted by molar-refractivity contribution is 7.91. The van der Waals surface area contributed by atoms with E-state index >= 15 is 0 Å². The largest absolute Gasteiger partial charge is 0.380 e. The van der Waals surface area contributed by atoms with Crippen molar-refractivity contribution in [3.8, 4) is 0 Å². The van der Waals surface area contributed by atoms with Crippen molar-refractivity contribution in [2.45, 2.75) is 25.1 Å². The molecule has 0 aromatic heterocycles. The molecule has 84 valence electrons. The number of hydrogen-bond donors (Lipinski definition) is 0. The number of halogens is 3. The van der Waals surface area contributed by atoms with E-state index in [0.717, 1.165) is 0 Å². The highest BCUT2D eigenvalue weighted by atomic mass is 35.5. The van der Waals surface area contributed by atoms with Crippen molar-refractivity contribution in [3.63, 3.8) is 0 Å². The summed E-state index contributed by atoms with van der Waals surface area (Å²) in [4.78, 5) is 10.6. The Hall–Kier alpha value is -0.230. The number of sulfone groups is 1. The number of alkyl halides is 3. The van der Waals surface area contributed by atoms with Crippen LogP contribution in [0.4, 0.5) is 8.78 Å². The van der Waals surface area contributed by atoms with Gasteiger partial charge >= 0.3 is 5.38 Å². The van der Waals surface area contributed by atoms with Gasteiger partial charge in [-0.25, -0.2) is 8.42 Å². The van der Waals surface area contributed by atoms with Crippen LogP contribution >= 0.6 is 11.6 Å². The first-order valence-electron chi connectivity index (χ1n) is 3.99. The molecule has 0 bridgehead atoms. The van der Waals surface area contributed by atoms with Gasteiger partial charge in [-0.05, 0) is 18.0 Å². The highest BCUT2D eigenvalue weighted by Gasteiger charge is 2.34. The van der Waals surface area contributed by atoms with E-state index in [0.29, 0.717) is 0 Å². The minimum absolute atomic E-state index is 0.0571. The predicted molar refractivity (Wildman–Crippen MR) is 49.4 cm³/mol. The van der Waals surface area contributed by atoms with Gasteiger partial charge < -0.3 is 0 Å². The molecule has 0 aliphatic heterocycles. The van der Waals surface area contributed by atoms with Crippen molar-refractivity contribution in [1.82, 2.24) is 0 Å². The molecule has 0 aromatic carbocycles. The minimum Gasteiger partial charge on any atom is -0.291 e. The third-order valence-electron chi connectivity index (χ3n) is 1.62. The first kappa shape index (κ1) is 13.8. The lowest BCUT2D eigenvalue weighted by Gasteiger charge is -2.05. The molecule has 3 nitrogen and oxygen atoms in total. The summed E-state index contributed by atoms with van der Waals surface area (Å²) in [6, 6.07) is 0. The molecule has 0 aliphatic carbocycles. The summed E-state index contributed by atoms with van der Waals surface area (Å²) in [5.74, 6) is -1.76. The molecule has 0 radical (unpaired) electrons. The van der Waals surface area contributed by atoms with Crippen LogP contribution in [0.1, 0.15) is 19.8 Å². The highest BCUT2D eigenvalue weighted by Crippen LogP contribution is 2.22. The fourth-order valence-corrected chi connectivity index (χ4v) is 1.71. The Morgan fingerprint density at radius 2 is 1.93 bits per heavy atom. The predicted octanol–water partition coefficient (Wildman–Crippen LogP) is 1.60. The van der Waals surface area contributed by atoms with Gasteiger partial charge in [0.25, 0.3) is 0 Å². The molecule has 0 spiro atoms. The van der Waals surface area contributed by atoms with Gasteiger partial charge in [0.1, 0.15) is 9.84 Å². The van der Waals surface area contributed by atoms with Crippen molar-refractivity contribution in [2.75, 3.05) is 11.5 Å². The van der Waals surface area contributed by atoms with Crippen LogP contribution in [-0.4, -0.2) is 31.1 Å². The van der Waals surface area contributed by atoms with E-state index in [2.05, 4.69) is 11.6 Å². The standard InChI is InChI=1S/C7H11ClF2O3S/c1-2-14(12,13)5-3-4-6(11)7(8,9)10/h2-5H2,1H3. The van der Waals surface area contributed by atoms with Crippen molar-refractivity contribution >= 4 is 27.2 Å². The summed E-state index contributed by atoms with van der Waals surface area (Å²) >= 11 is 4.44. The normalized spacial score (nSPS) is 12.9. The van der Waals surface area contributed by atoms with Gasteiger partial charge in [0, 0.05) is 12.2 Å². The van der Waals surface area contributed by atoms with E-state index < -0.39 is 27.4 Å². The third-order valence-corrected chi connectivity index (χ3v) is 3.62. The molecule has 0 saturated carbocycles. The summed E-state index contributed by atoms with van der Waals surface area (Å²) < 4.78 is 46.0. The van der Waals surface area contributed by atoms with Crippen LogP contribution in [0.3, 0.4) is 0 Å². The van der Waals surface area contributed by atoms with E-state index in [4.69, 9.17) is 0 Å². The van der Waals surface area contributed by atoms with Crippen LogP contribution in [0.25, 0.3) is 0 Å². The van der Waals surface area contributed by atoms with Gasteiger partial charge in [0.15, 0.2) is 0 Å². The molecular formula is C7H11ClF2O3S. The molecule has 0 aromatic rings. The number of carbonyl (C=O) groups is 1. The fourth-order valence-electron chi connectivity index (χ4n) is 0.739. The number of carbonyl (C=O) groups excluding carboxylic acids is 1. The van der Waals surface area contributed by atoms with Crippen molar-refractivity contribution in [2.24, 2.45) is 0 Å². The summed E-state index contributed by atoms with van der Waals surface area (Å²) in [5, 5.41) is -3.88. The van der Waals surface area contributed by atoms with Gasteiger partial charge in [0.2, 0.25) is 5.78 Å². The Balaban J connectivity index is 3.94. The van der Waals surface area contributed by atoms with E-state index in [9.17, 15) is 22.0 Å². The molecule has 0 atom stereocenters. The third kappa shape index (κ3) is 5.49. The fraction of sp³-hybridized carbons (Fsp3) is 0.857. The second kappa shape index (κ2) is 5.02. The molecular weight excluding hydrogens is 238 g/mol. The van der Waals surface area contributed by atoms with E-state index in [-0.39, 0.29) is 17.9 Å². The lowest BCUT2D eigenvalue weighted by atomic mass is 10.2. The number of Topliss-reactive ketones (excluding diaryl/α,β-unsaturated/α-hetero) is 1. The SMILES string of the molecule is CCS(=O)(=O)CCCC(=O)C(F)(F)Cl. The van der Waals surface area contributed by atoms with E-state index in [1.165, 1.54) is 6.92 Å². The smallest absolute Gasteiger partial charge is 0.291 e. The maximum absolute atomic E-state index is 12.1. The van der Waals surface area contributed by atoms with Gasteiger partial charge in [-0.2, -0.15) is 8.78 Å². The average Bonchev–Trinajstić information content (AvgIpc) is 2.02. The lowest BCUT2D eigenvalue weighted by Crippen LogP contribution is -2.22.